The van der Waals surface area contributed by atoms with Crippen molar-refractivity contribution in [3.05, 3.63) is 24.0 Å². The Balaban J connectivity index is 0.00000364. The lowest BCUT2D eigenvalue weighted by Crippen LogP contribution is -2.38. The van der Waals surface area contributed by atoms with Gasteiger partial charge in [-0.1, -0.05) is 6.92 Å². The fraction of sp³-hybridized carbons (Fsp3) is 0.556. The standard InChI is InChI=1S/C18H27FN4O3.2ClH/c1-12(13(2)20)18(25)21-14-3-4-15(19)16(11-14)22-17(24)5-6-23-7-9-26-10-8-23;;/h3-4,11-13H,5-10,20H2,1-2H3,(H,21,25)(H,22,24);2*1H. The van der Waals surface area contributed by atoms with Crippen LogP contribution < -0.4 is 16.4 Å². The molecule has 1 heterocycles. The van der Waals surface area contributed by atoms with Crippen LogP contribution in [-0.4, -0.2) is 55.6 Å². The van der Waals surface area contributed by atoms with E-state index in [1.807, 2.05) is 0 Å². The average molecular weight is 439 g/mol. The number of carbonyl (C=O) groups is 2. The summed E-state index contributed by atoms with van der Waals surface area (Å²) in [7, 11) is 0. The zero-order chi connectivity index (χ0) is 19.1. The smallest absolute Gasteiger partial charge is 0.228 e. The fourth-order valence-electron chi connectivity index (χ4n) is 2.49. The third-order valence-corrected chi connectivity index (χ3v) is 4.47. The van der Waals surface area contributed by atoms with E-state index in [1.54, 1.807) is 13.8 Å². The Kier molecular flexibility index (Phi) is 12.2. The van der Waals surface area contributed by atoms with Crippen LogP contribution in [0, 0.1) is 11.7 Å². The number of rotatable bonds is 7. The summed E-state index contributed by atoms with van der Waals surface area (Å²) in [5.74, 6) is -1.46. The van der Waals surface area contributed by atoms with Crippen LogP contribution in [0.1, 0.15) is 20.3 Å². The van der Waals surface area contributed by atoms with Crippen LogP contribution in [0.15, 0.2) is 18.2 Å². The highest BCUT2D eigenvalue weighted by atomic mass is 35.5. The number of hydrogen-bond donors (Lipinski definition) is 3. The lowest BCUT2D eigenvalue weighted by atomic mass is 10.0. The van der Waals surface area contributed by atoms with Crippen LogP contribution in [0.25, 0.3) is 0 Å². The molecule has 0 saturated carbocycles. The fourth-order valence-corrected chi connectivity index (χ4v) is 2.49. The second-order valence-electron chi connectivity index (χ2n) is 6.58. The predicted octanol–water partition coefficient (Wildman–Crippen LogP) is 2.25. The van der Waals surface area contributed by atoms with Gasteiger partial charge in [-0.05, 0) is 25.1 Å². The minimum absolute atomic E-state index is 0. The van der Waals surface area contributed by atoms with Crippen molar-refractivity contribution in [3.63, 3.8) is 0 Å². The van der Waals surface area contributed by atoms with E-state index in [0.717, 1.165) is 13.1 Å². The first-order valence-electron chi connectivity index (χ1n) is 8.82. The lowest BCUT2D eigenvalue weighted by molar-refractivity contribution is -0.120. The molecule has 2 rings (SSSR count). The van der Waals surface area contributed by atoms with E-state index in [4.69, 9.17) is 10.5 Å². The van der Waals surface area contributed by atoms with E-state index >= 15 is 0 Å². The number of nitrogens with two attached hydrogens (primary N) is 1. The van der Waals surface area contributed by atoms with Gasteiger partial charge in [-0.2, -0.15) is 0 Å². The highest BCUT2D eigenvalue weighted by Crippen LogP contribution is 2.20. The number of benzene rings is 1. The molecule has 1 saturated heterocycles. The number of hydrogen-bond acceptors (Lipinski definition) is 5. The van der Waals surface area contributed by atoms with Crippen molar-refractivity contribution >= 4 is 48.0 Å². The quantitative estimate of drug-likeness (QED) is 0.606. The lowest BCUT2D eigenvalue weighted by Gasteiger charge is -2.26. The molecule has 2 amide bonds. The van der Waals surface area contributed by atoms with Gasteiger partial charge in [-0.15, -0.1) is 24.8 Å². The number of nitrogens with one attached hydrogen (secondary N) is 2. The molecule has 160 valence electrons. The topological polar surface area (TPSA) is 96.7 Å². The van der Waals surface area contributed by atoms with Crippen molar-refractivity contribution < 1.29 is 18.7 Å². The number of anilines is 2. The summed E-state index contributed by atoms with van der Waals surface area (Å²) < 4.78 is 19.2. The second-order valence-corrected chi connectivity index (χ2v) is 6.58. The zero-order valence-electron chi connectivity index (χ0n) is 16.1. The van der Waals surface area contributed by atoms with Gasteiger partial charge in [0.2, 0.25) is 11.8 Å². The summed E-state index contributed by atoms with van der Waals surface area (Å²) in [4.78, 5) is 26.3. The average Bonchev–Trinajstić information content (AvgIpc) is 2.62. The molecule has 0 spiro atoms. The molecule has 0 radical (unpaired) electrons. The molecule has 10 heteroatoms. The number of morpholine rings is 1. The van der Waals surface area contributed by atoms with Crippen LogP contribution in [0.2, 0.25) is 0 Å². The third kappa shape index (κ3) is 8.28. The maximum atomic E-state index is 14.0. The molecule has 2 unspecified atom stereocenters. The van der Waals surface area contributed by atoms with Gasteiger partial charge in [0, 0.05) is 37.8 Å². The van der Waals surface area contributed by atoms with Crippen LogP contribution in [-0.2, 0) is 14.3 Å². The first kappa shape index (κ1) is 26.6. The molecular formula is C18H29Cl2FN4O3. The molecule has 0 aliphatic carbocycles. The first-order valence-corrected chi connectivity index (χ1v) is 8.82. The van der Waals surface area contributed by atoms with Gasteiger partial charge in [0.1, 0.15) is 5.82 Å². The van der Waals surface area contributed by atoms with Gasteiger partial charge in [-0.25, -0.2) is 4.39 Å². The maximum Gasteiger partial charge on any atom is 0.228 e. The molecule has 0 aromatic heterocycles. The first-order chi connectivity index (χ1) is 12.4. The van der Waals surface area contributed by atoms with Gasteiger partial charge in [0.15, 0.2) is 0 Å². The van der Waals surface area contributed by atoms with Crippen LogP contribution in [0.5, 0.6) is 0 Å². The number of halogens is 3. The Labute approximate surface area is 177 Å². The molecule has 1 aliphatic heterocycles. The van der Waals surface area contributed by atoms with Crippen molar-refractivity contribution in [1.29, 1.82) is 0 Å². The maximum absolute atomic E-state index is 14.0. The van der Waals surface area contributed by atoms with Gasteiger partial charge < -0.3 is 21.1 Å². The molecular weight excluding hydrogens is 410 g/mol. The highest BCUT2D eigenvalue weighted by molar-refractivity contribution is 5.95. The molecule has 7 nitrogen and oxygen atoms in total. The highest BCUT2D eigenvalue weighted by Gasteiger charge is 2.18. The summed E-state index contributed by atoms with van der Waals surface area (Å²) in [6.07, 6.45) is 0.262. The van der Waals surface area contributed by atoms with Crippen molar-refractivity contribution in [3.8, 4) is 0 Å². The van der Waals surface area contributed by atoms with E-state index in [2.05, 4.69) is 15.5 Å². The van der Waals surface area contributed by atoms with Crippen molar-refractivity contribution in [2.45, 2.75) is 26.3 Å². The van der Waals surface area contributed by atoms with Crippen LogP contribution in [0.3, 0.4) is 0 Å². The third-order valence-electron chi connectivity index (χ3n) is 4.47. The van der Waals surface area contributed by atoms with Crippen LogP contribution >= 0.6 is 24.8 Å². The second kappa shape index (κ2) is 12.9. The van der Waals surface area contributed by atoms with Crippen molar-refractivity contribution in [1.82, 2.24) is 4.90 Å². The number of carbonyl (C=O) groups excluding carboxylic acids is 2. The molecule has 2 atom stereocenters. The Morgan fingerprint density at radius 3 is 2.46 bits per heavy atom. The SMILES string of the molecule is CC(N)C(C)C(=O)Nc1ccc(F)c(NC(=O)CCN2CCOCC2)c1.Cl.Cl. The molecule has 4 N–H and O–H groups in total. The van der Waals surface area contributed by atoms with Gasteiger partial charge >= 0.3 is 0 Å². The van der Waals surface area contributed by atoms with Gasteiger partial charge in [0.05, 0.1) is 24.8 Å². The van der Waals surface area contributed by atoms with Crippen LogP contribution in [0.4, 0.5) is 15.8 Å². The summed E-state index contributed by atoms with van der Waals surface area (Å²) >= 11 is 0. The Morgan fingerprint density at radius 2 is 1.86 bits per heavy atom. The molecule has 28 heavy (non-hydrogen) atoms. The minimum atomic E-state index is -0.553. The normalized spacial score (nSPS) is 16.1. The van der Waals surface area contributed by atoms with Crippen molar-refractivity contribution in [2.75, 3.05) is 43.5 Å². The Bertz CT molecular complexity index is 643. The van der Waals surface area contributed by atoms with E-state index in [-0.39, 0.29) is 60.7 Å². The largest absolute Gasteiger partial charge is 0.379 e. The summed E-state index contributed by atoms with van der Waals surface area (Å²) in [5, 5.41) is 5.26. The van der Waals surface area contributed by atoms with E-state index < -0.39 is 5.82 Å². The van der Waals surface area contributed by atoms with E-state index in [0.29, 0.717) is 25.4 Å². The summed E-state index contributed by atoms with van der Waals surface area (Å²) in [6.45, 7) is 6.98. The predicted molar refractivity (Wildman–Crippen MR) is 113 cm³/mol. The monoisotopic (exact) mass is 438 g/mol. The van der Waals surface area contributed by atoms with Gasteiger partial charge in [0.25, 0.3) is 0 Å². The molecule has 1 aromatic carbocycles. The minimum Gasteiger partial charge on any atom is -0.379 e. The number of ether oxygens (including phenoxy) is 1. The molecule has 0 bridgehead atoms. The zero-order valence-corrected chi connectivity index (χ0v) is 17.7. The van der Waals surface area contributed by atoms with Crippen molar-refractivity contribution in [2.24, 2.45) is 11.7 Å². The molecule has 1 aliphatic rings. The molecule has 1 fully saturated rings. The molecule has 1 aromatic rings. The Hall–Kier alpha value is -1.45. The van der Waals surface area contributed by atoms with Gasteiger partial charge in [-0.3, -0.25) is 14.5 Å². The van der Waals surface area contributed by atoms with E-state index in [9.17, 15) is 14.0 Å². The number of amides is 2. The summed E-state index contributed by atoms with van der Waals surface area (Å²) in [6, 6.07) is 3.77. The number of nitrogens with zero attached hydrogens (tertiary/aromatic N) is 1. The van der Waals surface area contributed by atoms with E-state index in [1.165, 1.54) is 18.2 Å². The summed E-state index contributed by atoms with van der Waals surface area (Å²) in [5.41, 5.74) is 6.17. The Morgan fingerprint density at radius 1 is 1.21 bits per heavy atom.